The van der Waals surface area contributed by atoms with Crippen LogP contribution in [0.1, 0.15) is 25.0 Å². The molecule has 3 amide bonds. The first-order chi connectivity index (χ1) is 15.5. The van der Waals surface area contributed by atoms with Crippen molar-refractivity contribution in [1.29, 1.82) is 0 Å². The zero-order valence-electron chi connectivity index (χ0n) is 17.5. The lowest BCUT2D eigenvalue weighted by atomic mass is 10.2. The Morgan fingerprint density at radius 1 is 1.12 bits per heavy atom. The van der Waals surface area contributed by atoms with Crippen LogP contribution in [0.2, 0.25) is 5.02 Å². The SMILES string of the molecule is CC(C)NC(=O)C(=O)N/N=C\c1ccc(OCC(=O)Nc2cccc(C(F)(F)F)c2)c(Cl)c1. The van der Waals surface area contributed by atoms with E-state index in [9.17, 15) is 27.6 Å². The zero-order chi connectivity index (χ0) is 24.6. The maximum Gasteiger partial charge on any atom is 0.416 e. The molecule has 3 N–H and O–H groups in total. The van der Waals surface area contributed by atoms with Crippen molar-refractivity contribution in [3.8, 4) is 5.75 Å². The smallest absolute Gasteiger partial charge is 0.416 e. The van der Waals surface area contributed by atoms with Crippen molar-refractivity contribution in [3.63, 3.8) is 0 Å². The van der Waals surface area contributed by atoms with Crippen LogP contribution < -0.4 is 20.8 Å². The highest BCUT2D eigenvalue weighted by atomic mass is 35.5. The molecule has 0 bridgehead atoms. The van der Waals surface area contributed by atoms with Crippen LogP contribution in [0.3, 0.4) is 0 Å². The summed E-state index contributed by atoms with van der Waals surface area (Å²) in [6.45, 7) is 2.91. The van der Waals surface area contributed by atoms with Gasteiger partial charge in [-0.15, -0.1) is 0 Å². The van der Waals surface area contributed by atoms with Gasteiger partial charge in [0.05, 0.1) is 16.8 Å². The van der Waals surface area contributed by atoms with E-state index in [4.69, 9.17) is 16.3 Å². The Hall–Kier alpha value is -3.60. The Bertz CT molecular complexity index is 1060. The van der Waals surface area contributed by atoms with E-state index < -0.39 is 36.1 Å². The number of alkyl halides is 3. The van der Waals surface area contributed by atoms with Crippen molar-refractivity contribution in [1.82, 2.24) is 10.7 Å². The number of carbonyl (C=O) groups is 3. The maximum atomic E-state index is 12.7. The van der Waals surface area contributed by atoms with Gasteiger partial charge in [0.15, 0.2) is 6.61 Å². The van der Waals surface area contributed by atoms with Gasteiger partial charge < -0.3 is 15.4 Å². The Balaban J connectivity index is 1.89. The molecule has 33 heavy (non-hydrogen) atoms. The highest BCUT2D eigenvalue weighted by molar-refractivity contribution is 6.35. The first kappa shape index (κ1) is 25.7. The number of halogens is 4. The molecule has 0 aliphatic rings. The summed E-state index contributed by atoms with van der Waals surface area (Å²) >= 11 is 6.10. The summed E-state index contributed by atoms with van der Waals surface area (Å²) in [4.78, 5) is 35.0. The average molecular weight is 485 g/mol. The summed E-state index contributed by atoms with van der Waals surface area (Å²) in [5, 5.41) is 8.50. The molecule has 2 aromatic carbocycles. The summed E-state index contributed by atoms with van der Waals surface area (Å²) in [7, 11) is 0. The molecule has 0 spiro atoms. The molecule has 0 aliphatic heterocycles. The number of benzene rings is 2. The van der Waals surface area contributed by atoms with E-state index >= 15 is 0 Å². The molecule has 2 rings (SSSR count). The van der Waals surface area contributed by atoms with Crippen LogP contribution in [0.25, 0.3) is 0 Å². The number of ether oxygens (including phenoxy) is 1. The first-order valence-corrected chi connectivity index (χ1v) is 9.87. The van der Waals surface area contributed by atoms with Crippen LogP contribution in [0.5, 0.6) is 5.75 Å². The summed E-state index contributed by atoms with van der Waals surface area (Å²) < 4.78 is 43.6. The summed E-state index contributed by atoms with van der Waals surface area (Å²) in [5.74, 6) is -2.29. The van der Waals surface area contributed by atoms with Crippen LogP contribution in [0.4, 0.5) is 18.9 Å². The van der Waals surface area contributed by atoms with Gasteiger partial charge in [-0.1, -0.05) is 17.7 Å². The topological polar surface area (TPSA) is 109 Å². The van der Waals surface area contributed by atoms with E-state index in [0.29, 0.717) is 5.56 Å². The van der Waals surface area contributed by atoms with Crippen molar-refractivity contribution in [3.05, 3.63) is 58.6 Å². The zero-order valence-corrected chi connectivity index (χ0v) is 18.3. The second-order valence-electron chi connectivity index (χ2n) is 6.93. The molecule has 0 atom stereocenters. The fourth-order valence-electron chi connectivity index (χ4n) is 2.37. The molecule has 2 aromatic rings. The molecule has 0 unspecified atom stereocenters. The molecule has 8 nitrogen and oxygen atoms in total. The third-order valence-corrected chi connectivity index (χ3v) is 4.09. The molecule has 0 radical (unpaired) electrons. The third kappa shape index (κ3) is 8.45. The van der Waals surface area contributed by atoms with Crippen molar-refractivity contribution < 1.29 is 32.3 Å². The number of rotatable bonds is 7. The molecule has 0 fully saturated rings. The number of nitrogens with zero attached hydrogens (tertiary/aromatic N) is 1. The number of hydrogen-bond acceptors (Lipinski definition) is 5. The van der Waals surface area contributed by atoms with Gasteiger partial charge in [0.2, 0.25) is 0 Å². The minimum absolute atomic E-state index is 0.0276. The van der Waals surface area contributed by atoms with Gasteiger partial charge in [0.25, 0.3) is 5.91 Å². The number of anilines is 1. The van der Waals surface area contributed by atoms with E-state index in [1.807, 2.05) is 0 Å². The minimum Gasteiger partial charge on any atom is -0.482 e. The number of amides is 3. The highest BCUT2D eigenvalue weighted by Crippen LogP contribution is 2.30. The predicted molar refractivity (Wildman–Crippen MR) is 116 cm³/mol. The van der Waals surface area contributed by atoms with Crippen LogP contribution >= 0.6 is 11.6 Å². The third-order valence-electron chi connectivity index (χ3n) is 3.79. The Morgan fingerprint density at radius 2 is 1.85 bits per heavy atom. The van der Waals surface area contributed by atoms with Crippen molar-refractivity contribution in [2.45, 2.75) is 26.1 Å². The van der Waals surface area contributed by atoms with Crippen LogP contribution in [0, 0.1) is 0 Å². The lowest BCUT2D eigenvalue weighted by molar-refractivity contribution is -0.139. The maximum absolute atomic E-state index is 12.7. The number of hydrogen-bond donors (Lipinski definition) is 3. The number of carbonyl (C=O) groups excluding carboxylic acids is 3. The molecular formula is C21H20ClF3N4O4. The van der Waals surface area contributed by atoms with Gasteiger partial charge in [0.1, 0.15) is 5.75 Å². The first-order valence-electron chi connectivity index (χ1n) is 9.49. The average Bonchev–Trinajstić information content (AvgIpc) is 2.72. The Morgan fingerprint density at radius 3 is 2.48 bits per heavy atom. The van der Waals surface area contributed by atoms with Crippen LogP contribution in [0.15, 0.2) is 47.6 Å². The van der Waals surface area contributed by atoms with Crippen molar-refractivity contribution >= 4 is 41.2 Å². The van der Waals surface area contributed by atoms with Gasteiger partial charge in [-0.25, -0.2) is 5.43 Å². The molecule has 0 saturated heterocycles. The normalized spacial score (nSPS) is 11.4. The molecule has 0 saturated carbocycles. The van der Waals surface area contributed by atoms with Gasteiger partial charge in [0, 0.05) is 11.7 Å². The van der Waals surface area contributed by atoms with Gasteiger partial charge in [-0.3, -0.25) is 14.4 Å². The fraction of sp³-hybridized carbons (Fsp3) is 0.238. The molecule has 0 aromatic heterocycles. The number of nitrogens with one attached hydrogen (secondary N) is 3. The summed E-state index contributed by atoms with van der Waals surface area (Å²) in [6.07, 6.45) is -3.28. The van der Waals surface area contributed by atoms with Crippen LogP contribution in [-0.4, -0.2) is 36.6 Å². The monoisotopic (exact) mass is 484 g/mol. The largest absolute Gasteiger partial charge is 0.482 e. The molecule has 12 heteroatoms. The summed E-state index contributed by atoms with van der Waals surface area (Å²) in [6, 6.07) is 8.39. The predicted octanol–water partition coefficient (Wildman–Crippen LogP) is 3.35. The molecule has 0 heterocycles. The fourth-order valence-corrected chi connectivity index (χ4v) is 2.62. The van der Waals surface area contributed by atoms with Gasteiger partial charge in [-0.05, 0) is 55.8 Å². The van der Waals surface area contributed by atoms with Crippen molar-refractivity contribution in [2.24, 2.45) is 5.10 Å². The van der Waals surface area contributed by atoms with E-state index in [0.717, 1.165) is 12.1 Å². The van der Waals surface area contributed by atoms with Crippen molar-refractivity contribution in [2.75, 3.05) is 11.9 Å². The van der Waals surface area contributed by atoms with E-state index in [2.05, 4.69) is 21.2 Å². The standard InChI is InChI=1S/C21H20ClF3N4O4/c1-12(2)27-19(31)20(32)29-26-10-13-6-7-17(16(22)8-13)33-11-18(30)28-15-5-3-4-14(9-15)21(23,24)25/h3-10,12H,11H2,1-2H3,(H,27,31)(H,28,30)(H,29,32)/b26-10-. The number of hydrazone groups is 1. The van der Waals surface area contributed by atoms with Gasteiger partial charge in [-0.2, -0.15) is 18.3 Å². The van der Waals surface area contributed by atoms with Gasteiger partial charge >= 0.3 is 18.0 Å². The minimum atomic E-state index is -4.53. The summed E-state index contributed by atoms with van der Waals surface area (Å²) in [5.41, 5.74) is 1.61. The van der Waals surface area contributed by atoms with Crippen LogP contribution in [-0.2, 0) is 20.6 Å². The molecule has 176 valence electrons. The van der Waals surface area contributed by atoms with E-state index in [1.54, 1.807) is 13.8 Å². The quantitative estimate of drug-likeness (QED) is 0.318. The molecular weight excluding hydrogens is 465 g/mol. The second kappa shape index (κ2) is 11.3. The lowest BCUT2D eigenvalue weighted by Gasteiger charge is -2.11. The Labute approximate surface area is 192 Å². The highest BCUT2D eigenvalue weighted by Gasteiger charge is 2.30. The second-order valence-corrected chi connectivity index (χ2v) is 7.34. The lowest BCUT2D eigenvalue weighted by Crippen LogP contribution is -2.41. The molecule has 0 aliphatic carbocycles. The van der Waals surface area contributed by atoms with E-state index in [1.165, 1.54) is 36.5 Å². The van der Waals surface area contributed by atoms with E-state index in [-0.39, 0.29) is 22.5 Å². The Kier molecular flexibility index (Phi) is 8.80.